The molecule has 2 aromatic heterocycles. The number of aromatic nitrogens is 5. The van der Waals surface area contributed by atoms with Crippen molar-refractivity contribution < 1.29 is 33.7 Å². The lowest BCUT2D eigenvalue weighted by atomic mass is 9.98. The van der Waals surface area contributed by atoms with Crippen LogP contribution in [0.5, 0.6) is 17.5 Å². The van der Waals surface area contributed by atoms with E-state index in [1.165, 1.54) is 15.5 Å². The Morgan fingerprint density at radius 1 is 1.00 bits per heavy atom. The molecule has 3 aliphatic rings. The normalized spacial score (nSPS) is 16.8. The first-order chi connectivity index (χ1) is 36.3. The minimum absolute atomic E-state index is 0.0310. The zero-order valence-corrected chi connectivity index (χ0v) is 42.9. The number of phenolic OH excluding ortho intramolecular Hbond substituents is 2. The third-order valence-electron chi connectivity index (χ3n) is 14.2. The van der Waals surface area contributed by atoms with Gasteiger partial charge in [0.25, 0.3) is 5.91 Å². The lowest BCUT2D eigenvalue weighted by Gasteiger charge is -2.42. The number of hydrogen-bond acceptors (Lipinski definition) is 14. The van der Waals surface area contributed by atoms with Crippen molar-refractivity contribution in [1.29, 1.82) is 5.26 Å². The van der Waals surface area contributed by atoms with Gasteiger partial charge in [-0.15, -0.1) is 0 Å². The number of H-pyrrole nitrogens is 1. The van der Waals surface area contributed by atoms with Gasteiger partial charge in [0.1, 0.15) is 17.3 Å². The molecule has 5 heterocycles. The number of carbonyl (C=O) groups is 2. The number of anilines is 2. The highest BCUT2D eigenvalue weighted by Crippen LogP contribution is 2.39. The van der Waals surface area contributed by atoms with E-state index in [4.69, 9.17) is 31.0 Å². The molecule has 0 unspecified atom stereocenters. The van der Waals surface area contributed by atoms with Gasteiger partial charge >= 0.3 is 11.7 Å². The molecule has 0 aliphatic carbocycles. The molecule has 0 spiro atoms. The van der Waals surface area contributed by atoms with Crippen LogP contribution in [0.15, 0.2) is 90.0 Å². The van der Waals surface area contributed by atoms with Gasteiger partial charge in [-0.2, -0.15) is 20.3 Å². The Morgan fingerprint density at radius 2 is 1.80 bits per heavy atom. The van der Waals surface area contributed by atoms with Gasteiger partial charge in [-0.3, -0.25) is 9.59 Å². The Bertz CT molecular complexity index is 3170. The molecule has 20 heteroatoms. The van der Waals surface area contributed by atoms with Crippen LogP contribution in [0.2, 0.25) is 5.02 Å². The number of ether oxygens (including phenoxy) is 2. The van der Waals surface area contributed by atoms with Crippen LogP contribution < -0.4 is 25.5 Å². The number of halogens is 2. The highest BCUT2D eigenvalue weighted by Gasteiger charge is 2.35. The van der Waals surface area contributed by atoms with Gasteiger partial charge in [0, 0.05) is 87.5 Å². The fraction of sp³-hybridized carbons (Fsp3) is 0.400. The molecule has 4 N–H and O–H groups in total. The molecule has 18 nitrogen and oxygen atoms in total. The number of amides is 2. The number of likely N-dealkylation sites (tertiary alicyclic amines) is 1. The maximum atomic E-state index is 14.1. The molecule has 392 valence electrons. The van der Waals surface area contributed by atoms with Crippen molar-refractivity contribution in [2.45, 2.75) is 71.0 Å². The zero-order valence-electron chi connectivity index (χ0n) is 42.1. The second kappa shape index (κ2) is 23.3. The Kier molecular flexibility index (Phi) is 16.3. The Labute approximate surface area is 439 Å². The molecule has 9 rings (SSSR count). The fourth-order valence-corrected chi connectivity index (χ4v) is 10.6. The van der Waals surface area contributed by atoms with Crippen LogP contribution in [0.3, 0.4) is 0 Å². The average molecular weight is 1040 g/mol. The summed E-state index contributed by atoms with van der Waals surface area (Å²) in [6.07, 6.45) is 2.62. The average Bonchev–Trinajstić information content (AvgIpc) is 4.03. The lowest BCUT2D eigenvalue weighted by molar-refractivity contribution is -0.131. The molecule has 2 fully saturated rings. The summed E-state index contributed by atoms with van der Waals surface area (Å²) in [7, 11) is 0. The summed E-state index contributed by atoms with van der Waals surface area (Å²) in [6.45, 7) is 13.2. The second-order valence-corrected chi connectivity index (χ2v) is 20.0. The maximum Gasteiger partial charge on any atom is 0.348 e. The van der Waals surface area contributed by atoms with E-state index in [-0.39, 0.29) is 73.6 Å². The molecule has 3 aliphatic heterocycles. The summed E-state index contributed by atoms with van der Waals surface area (Å²) in [6, 6.07) is 23.9. The summed E-state index contributed by atoms with van der Waals surface area (Å²) >= 11 is 6.77. The predicted octanol–water partition coefficient (Wildman–Crippen LogP) is 7.15. The van der Waals surface area contributed by atoms with Gasteiger partial charge in [0.05, 0.1) is 60.3 Å². The summed E-state index contributed by atoms with van der Waals surface area (Å²) in [5.41, 5.74) is 4.56. The molecule has 0 saturated carbocycles. The van der Waals surface area contributed by atoms with Crippen LogP contribution in [0.1, 0.15) is 67.8 Å². The van der Waals surface area contributed by atoms with E-state index in [0.29, 0.717) is 73.5 Å². The van der Waals surface area contributed by atoms with Gasteiger partial charge in [-0.1, -0.05) is 68.4 Å². The monoisotopic (exact) mass is 1040 g/mol. The first-order valence-corrected chi connectivity index (χ1v) is 25.8. The number of piperazine rings is 1. The Balaban J connectivity index is 0.747. The van der Waals surface area contributed by atoms with Crippen molar-refractivity contribution in [2.24, 2.45) is 5.92 Å². The van der Waals surface area contributed by atoms with Crippen LogP contribution in [0.25, 0.3) is 27.8 Å². The zero-order chi connectivity index (χ0) is 52.8. The number of rotatable bonds is 19. The van der Waals surface area contributed by atoms with E-state index in [0.717, 1.165) is 65.8 Å². The van der Waals surface area contributed by atoms with Crippen LogP contribution in [-0.4, -0.2) is 128 Å². The van der Waals surface area contributed by atoms with Crippen molar-refractivity contribution in [2.75, 3.05) is 75.4 Å². The number of hydrogen-bond donors (Lipinski definition) is 4. The quantitative estimate of drug-likeness (QED) is 0.0468. The van der Waals surface area contributed by atoms with Crippen LogP contribution >= 0.6 is 11.6 Å². The number of benzene rings is 4. The van der Waals surface area contributed by atoms with Crippen LogP contribution in [0.4, 0.5) is 15.9 Å². The third kappa shape index (κ3) is 11.9. The summed E-state index contributed by atoms with van der Waals surface area (Å²) in [5.74, 6) is -1.13. The molecule has 6 aromatic rings. The molecular formula is C55H61ClFN11O7. The number of nitrogens with zero attached hydrogens (tertiary/aromatic N) is 9. The van der Waals surface area contributed by atoms with E-state index in [1.807, 2.05) is 44.2 Å². The Morgan fingerprint density at radius 3 is 2.57 bits per heavy atom. The minimum Gasteiger partial charge on any atom is -0.508 e. The van der Waals surface area contributed by atoms with Gasteiger partial charge < -0.3 is 44.6 Å². The van der Waals surface area contributed by atoms with E-state index in [1.54, 1.807) is 30.3 Å². The van der Waals surface area contributed by atoms with Gasteiger partial charge in [0.15, 0.2) is 11.7 Å². The first-order valence-electron chi connectivity index (χ1n) is 25.4. The first kappa shape index (κ1) is 52.3. The summed E-state index contributed by atoms with van der Waals surface area (Å²) in [5, 5.41) is 42.8. The topological polar surface area (TPSA) is 218 Å². The van der Waals surface area contributed by atoms with Crippen molar-refractivity contribution in [3.63, 3.8) is 0 Å². The number of carbonyl (C=O) groups excluding carboxylic acids is 2. The molecule has 2 amide bonds. The van der Waals surface area contributed by atoms with E-state index < -0.39 is 23.5 Å². The summed E-state index contributed by atoms with van der Waals surface area (Å²) in [4.78, 5) is 56.4. The third-order valence-corrected chi connectivity index (χ3v) is 14.5. The predicted molar refractivity (Wildman–Crippen MR) is 283 cm³/mol. The fourth-order valence-electron chi connectivity index (χ4n) is 10.3. The smallest absolute Gasteiger partial charge is 0.348 e. The summed E-state index contributed by atoms with van der Waals surface area (Å²) < 4.78 is 27.7. The van der Waals surface area contributed by atoms with Crippen molar-refractivity contribution >= 4 is 45.7 Å². The van der Waals surface area contributed by atoms with E-state index in [9.17, 15) is 34.2 Å². The second-order valence-electron chi connectivity index (χ2n) is 19.6. The van der Waals surface area contributed by atoms with Crippen LogP contribution in [0, 0.1) is 17.2 Å². The standard InChI is InChI=1S/C55H61ClFN11O7/c1-34(2)42-27-43(48(70)28-47(42)69)52-62-63-55(73)68(52)39-13-11-36(12-14-39)29-59-49(71)18-26-74-25-6-20-64-21-16-37(30-64)33-75-54-60-45-32-65(46-10-5-8-38-7-4-9-44(56)50(38)46)22-17-41(45)51(61-54)66-23-24-67(53(72)35(3)57)40(31-66)15-19-58/h4-5,7-14,27-28,34,37,40,69-70H,3,6,15-18,20-26,29-33H2,1-2H3,(H,59,71)(H,63,73)/t37-,40+/m1/s1. The van der Waals surface area contributed by atoms with Crippen LogP contribution in [-0.2, 0) is 33.8 Å². The number of nitriles is 1. The molecule has 75 heavy (non-hydrogen) atoms. The number of nitrogens with one attached hydrogen (secondary N) is 2. The number of fused-ring (bicyclic) bond motifs is 2. The van der Waals surface area contributed by atoms with Gasteiger partial charge in [-0.05, 0) is 78.6 Å². The van der Waals surface area contributed by atoms with Crippen molar-refractivity contribution in [3.8, 4) is 40.7 Å². The maximum absolute atomic E-state index is 14.1. The minimum atomic E-state index is -1.05. The molecule has 2 atom stereocenters. The van der Waals surface area contributed by atoms with Crippen molar-refractivity contribution in [3.05, 3.63) is 123 Å². The number of phenols is 2. The number of aromatic hydroxyl groups is 2. The van der Waals surface area contributed by atoms with E-state index in [2.05, 4.69) is 48.9 Å². The highest BCUT2D eigenvalue weighted by atomic mass is 35.5. The SMILES string of the molecule is C=C(F)C(=O)N1CCN(c2nc(OC[C@@H]3CCN(CCCOCCC(=O)NCc4ccc(-n5c(-c6cc(C(C)C)c(O)cc6O)n[nH]c5=O)cc4)C3)nc3c2CCN(c2cccc4cccc(Cl)c24)C3)C[C@@H]1CC#N. The van der Waals surface area contributed by atoms with Gasteiger partial charge in [-0.25, -0.2) is 18.9 Å². The van der Waals surface area contributed by atoms with Crippen molar-refractivity contribution in [1.82, 2.24) is 39.8 Å². The largest absolute Gasteiger partial charge is 0.508 e. The van der Waals surface area contributed by atoms with E-state index >= 15 is 0 Å². The molecular weight excluding hydrogens is 981 g/mol. The van der Waals surface area contributed by atoms with Gasteiger partial charge in [0.2, 0.25) is 5.91 Å². The Hall–Kier alpha value is -7.53. The highest BCUT2D eigenvalue weighted by molar-refractivity contribution is 6.36. The lowest BCUT2D eigenvalue weighted by Crippen LogP contribution is -2.55. The molecule has 4 aromatic carbocycles. The molecule has 2 saturated heterocycles. The molecule has 0 radical (unpaired) electrons. The molecule has 0 bridgehead atoms. The number of aromatic amines is 1.